The summed E-state index contributed by atoms with van der Waals surface area (Å²) in [6, 6.07) is 14.9. The highest BCUT2D eigenvalue weighted by Gasteiger charge is 2.51. The number of nitrogens with zero attached hydrogens (tertiary/aromatic N) is 2. The highest BCUT2D eigenvalue weighted by molar-refractivity contribution is 5.72. The van der Waals surface area contributed by atoms with Gasteiger partial charge in [0.05, 0.1) is 23.0 Å². The molecule has 1 aliphatic heterocycles. The van der Waals surface area contributed by atoms with Gasteiger partial charge < -0.3 is 15.8 Å². The van der Waals surface area contributed by atoms with Crippen LogP contribution in [0, 0.1) is 17.1 Å². The number of nitriles is 1. The fourth-order valence-electron chi connectivity index (χ4n) is 4.85. The average Bonchev–Trinajstić information content (AvgIpc) is 3.01. The Hall–Kier alpha value is -3.27. The second-order valence-electron chi connectivity index (χ2n) is 8.84. The van der Waals surface area contributed by atoms with Gasteiger partial charge in [-0.15, -0.1) is 0 Å². The number of rotatable bonds is 4. The third-order valence-electron chi connectivity index (χ3n) is 6.36. The molecule has 3 N–H and O–H groups in total. The molecule has 7 heteroatoms. The molecule has 4 rings (SSSR count). The summed E-state index contributed by atoms with van der Waals surface area (Å²) in [5.41, 5.74) is 6.75. The maximum absolute atomic E-state index is 14.2. The van der Waals surface area contributed by atoms with E-state index in [2.05, 4.69) is 5.32 Å². The third kappa shape index (κ3) is 3.90. The van der Waals surface area contributed by atoms with Gasteiger partial charge in [-0.1, -0.05) is 30.3 Å². The van der Waals surface area contributed by atoms with E-state index in [9.17, 15) is 9.18 Å². The van der Waals surface area contributed by atoms with Gasteiger partial charge in [0.2, 0.25) is 0 Å². The highest BCUT2D eigenvalue weighted by Crippen LogP contribution is 2.44. The zero-order valence-electron chi connectivity index (χ0n) is 17.8. The van der Waals surface area contributed by atoms with E-state index in [0.29, 0.717) is 5.69 Å². The van der Waals surface area contributed by atoms with Gasteiger partial charge in [-0.05, 0) is 57.2 Å². The van der Waals surface area contributed by atoms with Crippen molar-refractivity contribution in [1.82, 2.24) is 4.90 Å². The smallest absolute Gasteiger partial charge is 0.411 e. The molecule has 2 aromatic carbocycles. The van der Waals surface area contributed by atoms with Crippen LogP contribution in [0.2, 0.25) is 0 Å². The minimum Gasteiger partial charge on any atom is -0.441 e. The lowest BCUT2D eigenvalue weighted by atomic mass is 9.86. The molecule has 6 nitrogen and oxygen atoms in total. The van der Waals surface area contributed by atoms with E-state index < -0.39 is 11.4 Å². The number of amides is 1. The number of anilines is 2. The summed E-state index contributed by atoms with van der Waals surface area (Å²) in [4.78, 5) is 14.7. The topological polar surface area (TPSA) is 91.4 Å². The van der Waals surface area contributed by atoms with Crippen LogP contribution in [-0.4, -0.2) is 28.7 Å². The second kappa shape index (κ2) is 8.10. The first-order valence-corrected chi connectivity index (χ1v) is 10.6. The quantitative estimate of drug-likeness (QED) is 0.679. The molecule has 2 aromatic rings. The molecule has 0 bridgehead atoms. The maximum atomic E-state index is 14.2. The summed E-state index contributed by atoms with van der Waals surface area (Å²) in [6.07, 6.45) is 2.98. The van der Waals surface area contributed by atoms with Gasteiger partial charge in [0.25, 0.3) is 0 Å². The number of ether oxygens (including phenoxy) is 1. The predicted molar refractivity (Wildman–Crippen MR) is 117 cm³/mol. The molecule has 1 amide bonds. The Morgan fingerprint density at radius 2 is 1.84 bits per heavy atom. The highest BCUT2D eigenvalue weighted by atomic mass is 19.1. The van der Waals surface area contributed by atoms with Crippen LogP contribution in [0.1, 0.15) is 56.7 Å². The van der Waals surface area contributed by atoms with Crippen LogP contribution >= 0.6 is 0 Å². The molecule has 1 aliphatic carbocycles. The molecule has 0 aromatic heterocycles. The number of nitrogens with one attached hydrogen (secondary N) is 1. The van der Waals surface area contributed by atoms with Crippen LogP contribution in [0.5, 0.6) is 0 Å². The van der Waals surface area contributed by atoms with Crippen molar-refractivity contribution >= 4 is 17.5 Å². The lowest BCUT2D eigenvalue weighted by Crippen LogP contribution is -2.44. The van der Waals surface area contributed by atoms with Crippen LogP contribution in [0.15, 0.2) is 42.5 Å². The maximum Gasteiger partial charge on any atom is 0.411 e. The molecule has 1 saturated heterocycles. The first-order valence-electron chi connectivity index (χ1n) is 10.6. The number of hydrogen-bond donors (Lipinski definition) is 2. The minimum absolute atomic E-state index is 0.0322. The van der Waals surface area contributed by atoms with Gasteiger partial charge in [0, 0.05) is 12.1 Å². The molecule has 0 unspecified atom stereocenters. The summed E-state index contributed by atoms with van der Waals surface area (Å²) < 4.78 is 19.9. The van der Waals surface area contributed by atoms with Crippen molar-refractivity contribution in [3.63, 3.8) is 0 Å². The van der Waals surface area contributed by atoms with Crippen LogP contribution in [0.3, 0.4) is 0 Å². The third-order valence-corrected chi connectivity index (χ3v) is 6.36. The molecule has 1 saturated carbocycles. The van der Waals surface area contributed by atoms with E-state index in [-0.39, 0.29) is 35.5 Å². The fourth-order valence-corrected chi connectivity index (χ4v) is 4.85. The van der Waals surface area contributed by atoms with Crippen LogP contribution < -0.4 is 11.1 Å². The van der Waals surface area contributed by atoms with E-state index >= 15 is 0 Å². The van der Waals surface area contributed by atoms with E-state index in [0.717, 1.165) is 31.2 Å². The average molecular weight is 423 g/mol. The molecule has 0 radical (unpaired) electrons. The number of nitrogen functional groups attached to an aromatic ring is 1. The Kier molecular flexibility index (Phi) is 5.48. The van der Waals surface area contributed by atoms with Gasteiger partial charge in [0.15, 0.2) is 5.82 Å². The van der Waals surface area contributed by atoms with Crippen molar-refractivity contribution in [2.24, 2.45) is 0 Å². The van der Waals surface area contributed by atoms with Crippen LogP contribution in [0.25, 0.3) is 0 Å². The van der Waals surface area contributed by atoms with E-state index in [4.69, 9.17) is 15.7 Å². The van der Waals surface area contributed by atoms with Gasteiger partial charge in [-0.25, -0.2) is 9.18 Å². The van der Waals surface area contributed by atoms with Gasteiger partial charge in [0.1, 0.15) is 11.7 Å². The summed E-state index contributed by atoms with van der Waals surface area (Å²) in [7, 11) is 0. The first-order chi connectivity index (χ1) is 14.8. The molecule has 31 heavy (non-hydrogen) atoms. The van der Waals surface area contributed by atoms with Crippen LogP contribution in [-0.2, 0) is 4.74 Å². The van der Waals surface area contributed by atoms with Crippen molar-refractivity contribution in [2.75, 3.05) is 11.1 Å². The predicted octanol–water partition coefficient (Wildman–Crippen LogP) is 4.97. The molecule has 162 valence electrons. The normalized spacial score (nSPS) is 25.0. The fraction of sp³-hybridized carbons (Fsp3) is 0.417. The summed E-state index contributed by atoms with van der Waals surface area (Å²) in [5, 5.41) is 12.3. The Balaban J connectivity index is 1.46. The van der Waals surface area contributed by atoms with Crippen LogP contribution in [0.4, 0.5) is 20.6 Å². The number of carbonyl (C=O) groups is 1. The molecule has 2 aliphatic rings. The Bertz CT molecular complexity index is 1010. The molecule has 1 heterocycles. The van der Waals surface area contributed by atoms with E-state index in [1.54, 1.807) is 12.1 Å². The molecular weight excluding hydrogens is 395 g/mol. The number of benzene rings is 2. The summed E-state index contributed by atoms with van der Waals surface area (Å²) in [6.45, 7) is 3.91. The van der Waals surface area contributed by atoms with Crippen molar-refractivity contribution in [3.8, 4) is 6.07 Å². The number of hydrogen-bond acceptors (Lipinski definition) is 5. The largest absolute Gasteiger partial charge is 0.441 e. The number of nitrogens with two attached hydrogens (primary N) is 1. The molecule has 0 spiro atoms. The summed E-state index contributed by atoms with van der Waals surface area (Å²) in [5.74, 6) is -0.686. The van der Waals surface area contributed by atoms with Gasteiger partial charge >= 0.3 is 6.09 Å². The standard InChI is InChI=1S/C24H27FN4O2/c1-24(2)22(15-6-4-3-5-7-15)29(23(30)31-24)18-11-9-17(10-12-18)28-19-13-8-16(14-26)20(25)21(19)27/h3-8,13,17-18,22,28H,9-12,27H2,1-2H3/t17-,18-,22-/m0/s1. The number of cyclic esters (lactones) is 1. The van der Waals surface area contributed by atoms with Crippen molar-refractivity contribution in [3.05, 3.63) is 59.4 Å². The minimum atomic E-state index is -0.686. The van der Waals surface area contributed by atoms with Crippen molar-refractivity contribution in [1.29, 1.82) is 5.26 Å². The monoisotopic (exact) mass is 422 g/mol. The lowest BCUT2D eigenvalue weighted by molar-refractivity contribution is 0.0664. The van der Waals surface area contributed by atoms with Gasteiger partial charge in [-0.2, -0.15) is 5.26 Å². The van der Waals surface area contributed by atoms with E-state index in [1.165, 1.54) is 6.07 Å². The zero-order valence-corrected chi connectivity index (χ0v) is 17.8. The SMILES string of the molecule is CC1(C)OC(=O)N([C@H]2CC[C@H](Nc3ccc(C#N)c(F)c3N)CC2)[C@H]1c1ccccc1. The number of carbonyl (C=O) groups excluding carboxylic acids is 1. The van der Waals surface area contributed by atoms with Crippen molar-refractivity contribution < 1.29 is 13.9 Å². The van der Waals surface area contributed by atoms with Gasteiger partial charge in [-0.3, -0.25) is 4.90 Å². The van der Waals surface area contributed by atoms with Crippen molar-refractivity contribution in [2.45, 2.75) is 63.3 Å². The Morgan fingerprint density at radius 1 is 1.16 bits per heavy atom. The number of halogens is 1. The molecular formula is C24H27FN4O2. The Labute approximate surface area is 181 Å². The second-order valence-corrected chi connectivity index (χ2v) is 8.84. The first kappa shape index (κ1) is 21.0. The Morgan fingerprint density at radius 3 is 2.48 bits per heavy atom. The summed E-state index contributed by atoms with van der Waals surface area (Å²) >= 11 is 0. The molecule has 2 fully saturated rings. The molecule has 1 atom stereocenters. The van der Waals surface area contributed by atoms with E-state index in [1.807, 2.05) is 49.1 Å². The lowest BCUT2D eigenvalue weighted by Gasteiger charge is -2.38. The zero-order chi connectivity index (χ0) is 22.2.